The lowest BCUT2D eigenvalue weighted by Gasteiger charge is -2.23. The summed E-state index contributed by atoms with van der Waals surface area (Å²) in [7, 11) is 1.73. The van der Waals surface area contributed by atoms with Gasteiger partial charge in [-0.1, -0.05) is 39.8 Å². The minimum absolute atomic E-state index is 0.170. The molecule has 1 atom stereocenters. The van der Waals surface area contributed by atoms with Crippen molar-refractivity contribution in [2.24, 2.45) is 5.73 Å². The number of rotatable bonds is 4. The summed E-state index contributed by atoms with van der Waals surface area (Å²) in [5.41, 5.74) is 8.42. The molecule has 96 valence electrons. The van der Waals surface area contributed by atoms with Crippen LogP contribution in [0.3, 0.4) is 0 Å². The Morgan fingerprint density at radius 2 is 1.94 bits per heavy atom. The first-order valence-corrected chi connectivity index (χ1v) is 6.28. The monoisotopic (exact) mass is 235 g/mol. The van der Waals surface area contributed by atoms with Crippen LogP contribution >= 0.6 is 0 Å². The molecule has 0 aliphatic carbocycles. The number of hydrogen-bond acceptors (Lipinski definition) is 2. The van der Waals surface area contributed by atoms with E-state index in [-0.39, 0.29) is 5.41 Å². The largest absolute Gasteiger partial charge is 0.496 e. The predicted octanol–water partition coefficient (Wildman–Crippen LogP) is 3.45. The van der Waals surface area contributed by atoms with Crippen LogP contribution in [-0.4, -0.2) is 13.7 Å². The summed E-state index contributed by atoms with van der Waals surface area (Å²) >= 11 is 0. The van der Waals surface area contributed by atoms with Gasteiger partial charge in [-0.2, -0.15) is 0 Å². The van der Waals surface area contributed by atoms with Crippen molar-refractivity contribution < 1.29 is 4.74 Å². The lowest BCUT2D eigenvalue weighted by atomic mass is 9.84. The normalized spacial score (nSPS) is 13.5. The van der Waals surface area contributed by atoms with Crippen LogP contribution in [0.1, 0.15) is 51.2 Å². The summed E-state index contributed by atoms with van der Waals surface area (Å²) < 4.78 is 5.44. The molecular formula is C15H25NO. The van der Waals surface area contributed by atoms with Crippen molar-refractivity contribution in [3.8, 4) is 5.75 Å². The quantitative estimate of drug-likeness (QED) is 0.867. The van der Waals surface area contributed by atoms with Crippen molar-refractivity contribution in [1.82, 2.24) is 0 Å². The number of nitrogens with two attached hydrogens (primary N) is 1. The van der Waals surface area contributed by atoms with E-state index >= 15 is 0 Å². The van der Waals surface area contributed by atoms with Crippen LogP contribution < -0.4 is 10.5 Å². The summed E-state index contributed by atoms with van der Waals surface area (Å²) in [5.74, 6) is 1.41. The molecule has 1 unspecified atom stereocenters. The van der Waals surface area contributed by atoms with Crippen molar-refractivity contribution in [3.63, 3.8) is 0 Å². The number of hydrogen-bond donors (Lipinski definition) is 1. The van der Waals surface area contributed by atoms with Crippen molar-refractivity contribution in [2.45, 2.75) is 45.4 Å². The van der Waals surface area contributed by atoms with E-state index in [0.29, 0.717) is 12.5 Å². The maximum atomic E-state index is 5.64. The van der Waals surface area contributed by atoms with E-state index in [0.717, 1.165) is 12.2 Å². The Morgan fingerprint density at radius 1 is 1.29 bits per heavy atom. The van der Waals surface area contributed by atoms with Crippen LogP contribution in [0.2, 0.25) is 0 Å². The van der Waals surface area contributed by atoms with Crippen LogP contribution in [0.25, 0.3) is 0 Å². The fraction of sp³-hybridized carbons (Fsp3) is 0.600. The number of methoxy groups -OCH3 is 1. The predicted molar refractivity (Wildman–Crippen MR) is 73.8 cm³/mol. The van der Waals surface area contributed by atoms with Crippen molar-refractivity contribution in [2.75, 3.05) is 13.7 Å². The maximum Gasteiger partial charge on any atom is 0.122 e. The second-order valence-electron chi connectivity index (χ2n) is 5.69. The summed E-state index contributed by atoms with van der Waals surface area (Å²) in [6.45, 7) is 9.60. The van der Waals surface area contributed by atoms with Crippen LogP contribution in [0, 0.1) is 0 Å². The third-order valence-corrected chi connectivity index (χ3v) is 3.23. The Balaban J connectivity index is 3.15. The van der Waals surface area contributed by atoms with Gasteiger partial charge in [0.2, 0.25) is 0 Å². The minimum atomic E-state index is 0.170. The Morgan fingerprint density at radius 3 is 2.41 bits per heavy atom. The molecule has 2 N–H and O–H groups in total. The molecule has 0 aliphatic heterocycles. The average Bonchev–Trinajstić information content (AvgIpc) is 2.27. The molecule has 0 aliphatic rings. The van der Waals surface area contributed by atoms with E-state index < -0.39 is 0 Å². The van der Waals surface area contributed by atoms with Gasteiger partial charge >= 0.3 is 0 Å². The van der Waals surface area contributed by atoms with Crippen molar-refractivity contribution in [3.05, 3.63) is 29.3 Å². The van der Waals surface area contributed by atoms with Crippen LogP contribution in [0.4, 0.5) is 0 Å². The average molecular weight is 235 g/mol. The number of benzene rings is 1. The van der Waals surface area contributed by atoms with E-state index in [4.69, 9.17) is 10.5 Å². The molecule has 2 heteroatoms. The van der Waals surface area contributed by atoms with E-state index in [2.05, 4.69) is 45.9 Å². The van der Waals surface area contributed by atoms with Gasteiger partial charge in [-0.05, 0) is 41.5 Å². The van der Waals surface area contributed by atoms with Crippen LogP contribution in [0.5, 0.6) is 5.75 Å². The molecule has 1 rings (SSSR count). The molecule has 0 bridgehead atoms. The first-order chi connectivity index (χ1) is 7.90. The molecule has 0 saturated carbocycles. The zero-order valence-corrected chi connectivity index (χ0v) is 11.7. The topological polar surface area (TPSA) is 35.2 Å². The highest BCUT2D eigenvalue weighted by atomic mass is 16.5. The van der Waals surface area contributed by atoms with Gasteiger partial charge in [-0.15, -0.1) is 0 Å². The van der Waals surface area contributed by atoms with Gasteiger partial charge < -0.3 is 10.5 Å². The molecule has 0 fully saturated rings. The lowest BCUT2D eigenvalue weighted by Crippen LogP contribution is -2.13. The second kappa shape index (κ2) is 5.54. The van der Waals surface area contributed by atoms with E-state index in [9.17, 15) is 0 Å². The van der Waals surface area contributed by atoms with Gasteiger partial charge in [0.25, 0.3) is 0 Å². The molecule has 1 aromatic carbocycles. The Kier molecular flexibility index (Phi) is 4.58. The summed E-state index contributed by atoms with van der Waals surface area (Å²) in [4.78, 5) is 0. The molecular weight excluding hydrogens is 210 g/mol. The van der Waals surface area contributed by atoms with Gasteiger partial charge in [-0.25, -0.2) is 0 Å². The first kappa shape index (κ1) is 14.0. The third kappa shape index (κ3) is 3.47. The molecule has 0 aromatic heterocycles. The molecule has 0 amide bonds. The number of ether oxygens (including phenoxy) is 1. The zero-order valence-electron chi connectivity index (χ0n) is 11.7. The van der Waals surface area contributed by atoms with Crippen molar-refractivity contribution >= 4 is 0 Å². The van der Waals surface area contributed by atoms with Crippen molar-refractivity contribution in [1.29, 1.82) is 0 Å². The zero-order chi connectivity index (χ0) is 13.1. The minimum Gasteiger partial charge on any atom is -0.496 e. The Bertz CT molecular complexity index is 366. The summed E-state index contributed by atoms with van der Waals surface area (Å²) in [5, 5.41) is 0. The highest BCUT2D eigenvalue weighted by Gasteiger charge is 2.18. The summed E-state index contributed by atoms with van der Waals surface area (Å²) in [6, 6.07) is 6.49. The fourth-order valence-electron chi connectivity index (χ4n) is 1.99. The molecule has 0 radical (unpaired) electrons. The Labute approximate surface area is 105 Å². The Hall–Kier alpha value is -1.02. The molecule has 0 spiro atoms. The van der Waals surface area contributed by atoms with Gasteiger partial charge in [0.15, 0.2) is 0 Å². The summed E-state index contributed by atoms with van der Waals surface area (Å²) in [6.07, 6.45) is 0.990. The molecule has 0 saturated heterocycles. The SMILES string of the molecule is COc1ccc(C(C)(C)C)cc1C(C)CCN. The van der Waals surface area contributed by atoms with E-state index in [1.54, 1.807) is 7.11 Å². The smallest absolute Gasteiger partial charge is 0.122 e. The highest BCUT2D eigenvalue weighted by Crippen LogP contribution is 2.33. The molecule has 1 aromatic rings. The third-order valence-electron chi connectivity index (χ3n) is 3.23. The molecule has 2 nitrogen and oxygen atoms in total. The molecule has 17 heavy (non-hydrogen) atoms. The van der Waals surface area contributed by atoms with Crippen LogP contribution in [-0.2, 0) is 5.41 Å². The van der Waals surface area contributed by atoms with Gasteiger partial charge in [0.1, 0.15) is 5.75 Å². The van der Waals surface area contributed by atoms with Gasteiger partial charge in [0, 0.05) is 0 Å². The standard InChI is InChI=1S/C15H25NO/c1-11(8-9-16)13-10-12(15(2,3)4)6-7-14(13)17-5/h6-7,10-11H,8-9,16H2,1-5H3. The lowest BCUT2D eigenvalue weighted by molar-refractivity contribution is 0.404. The molecule has 0 heterocycles. The van der Waals surface area contributed by atoms with Gasteiger partial charge in [-0.3, -0.25) is 0 Å². The van der Waals surface area contributed by atoms with Crippen LogP contribution in [0.15, 0.2) is 18.2 Å². The highest BCUT2D eigenvalue weighted by molar-refractivity contribution is 5.41. The second-order valence-corrected chi connectivity index (χ2v) is 5.69. The van der Waals surface area contributed by atoms with Gasteiger partial charge in [0.05, 0.1) is 7.11 Å². The fourth-order valence-corrected chi connectivity index (χ4v) is 1.99. The first-order valence-electron chi connectivity index (χ1n) is 6.28. The van der Waals surface area contributed by atoms with E-state index in [1.807, 2.05) is 0 Å². The maximum absolute atomic E-state index is 5.64. The van der Waals surface area contributed by atoms with E-state index in [1.165, 1.54) is 11.1 Å².